The molecule has 0 radical (unpaired) electrons. The number of carbonyl (C=O) groups is 1. The summed E-state index contributed by atoms with van der Waals surface area (Å²) in [4.78, 5) is 16.0. The molecule has 0 unspecified atom stereocenters. The third kappa shape index (κ3) is 1.86. The third-order valence-corrected chi connectivity index (χ3v) is 5.39. The van der Waals surface area contributed by atoms with Crippen LogP contribution in [0.1, 0.15) is 38.1 Å². The molecule has 18 heavy (non-hydrogen) atoms. The quantitative estimate of drug-likeness (QED) is 0.925. The molecular formula is C12H15BrN2O2S. The Kier molecular flexibility index (Phi) is 2.71. The van der Waals surface area contributed by atoms with Crippen LogP contribution in [0.25, 0.3) is 0 Å². The van der Waals surface area contributed by atoms with E-state index in [1.165, 1.54) is 5.01 Å². The van der Waals surface area contributed by atoms with Crippen LogP contribution in [0.3, 0.4) is 0 Å². The zero-order valence-corrected chi connectivity index (χ0v) is 12.7. The Hall–Kier alpha value is -0.620. The van der Waals surface area contributed by atoms with Crippen molar-refractivity contribution in [3.8, 4) is 0 Å². The fraction of sp³-hybridized carbons (Fsp3) is 0.667. The van der Waals surface area contributed by atoms with Gasteiger partial charge in [0.1, 0.15) is 5.01 Å². The van der Waals surface area contributed by atoms with E-state index >= 15 is 0 Å². The molecular weight excluding hydrogens is 316 g/mol. The molecule has 0 spiro atoms. The van der Waals surface area contributed by atoms with Gasteiger partial charge < -0.3 is 10.1 Å². The lowest BCUT2D eigenvalue weighted by Crippen LogP contribution is -2.76. The van der Waals surface area contributed by atoms with Gasteiger partial charge in [0.15, 0.2) is 0 Å². The van der Waals surface area contributed by atoms with Gasteiger partial charge in [-0.05, 0) is 49.0 Å². The number of hydrogen-bond acceptors (Lipinski definition) is 4. The van der Waals surface area contributed by atoms with E-state index in [4.69, 9.17) is 4.74 Å². The SMILES string of the molecule is CC(C)OC(=O)NC12CC(c3ncc(Br)s3)(C1)C2. The van der Waals surface area contributed by atoms with Crippen LogP contribution < -0.4 is 5.32 Å². The van der Waals surface area contributed by atoms with Crippen LogP contribution in [0.5, 0.6) is 0 Å². The summed E-state index contributed by atoms with van der Waals surface area (Å²) in [6, 6.07) is 0. The molecule has 1 N–H and O–H groups in total. The number of amides is 1. The number of halogens is 1. The fourth-order valence-electron chi connectivity index (χ4n) is 3.11. The summed E-state index contributed by atoms with van der Waals surface area (Å²) in [7, 11) is 0. The van der Waals surface area contributed by atoms with E-state index in [0.29, 0.717) is 0 Å². The molecule has 2 bridgehead atoms. The van der Waals surface area contributed by atoms with Crippen molar-refractivity contribution in [2.75, 3.05) is 0 Å². The summed E-state index contributed by atoms with van der Waals surface area (Å²) in [6.45, 7) is 3.71. The smallest absolute Gasteiger partial charge is 0.407 e. The standard InChI is InChI=1S/C12H15BrN2O2S/c1-7(2)17-10(16)15-12-4-11(5-12,6-12)9-14-3-8(13)18-9/h3,7H,4-6H2,1-2H3,(H,15,16). The zero-order valence-electron chi connectivity index (χ0n) is 10.3. The number of thiazole rings is 1. The molecule has 3 saturated carbocycles. The van der Waals surface area contributed by atoms with Gasteiger partial charge in [0.05, 0.1) is 16.1 Å². The molecule has 4 nitrogen and oxygen atoms in total. The van der Waals surface area contributed by atoms with Gasteiger partial charge in [0.2, 0.25) is 0 Å². The molecule has 0 saturated heterocycles. The van der Waals surface area contributed by atoms with E-state index in [1.54, 1.807) is 11.3 Å². The second-order valence-corrected chi connectivity index (χ2v) is 8.05. The van der Waals surface area contributed by atoms with Gasteiger partial charge in [-0.2, -0.15) is 0 Å². The van der Waals surface area contributed by atoms with Crippen molar-refractivity contribution < 1.29 is 9.53 Å². The van der Waals surface area contributed by atoms with Gasteiger partial charge in [-0.25, -0.2) is 9.78 Å². The van der Waals surface area contributed by atoms with Crippen LogP contribution in [0.15, 0.2) is 9.98 Å². The van der Waals surface area contributed by atoms with E-state index in [2.05, 4.69) is 26.2 Å². The first-order chi connectivity index (χ1) is 8.43. The third-order valence-electron chi connectivity index (χ3n) is 3.67. The van der Waals surface area contributed by atoms with E-state index in [1.807, 2.05) is 20.0 Å². The Balaban J connectivity index is 1.58. The molecule has 1 heterocycles. The Bertz CT molecular complexity index is 480. The first kappa shape index (κ1) is 12.4. The van der Waals surface area contributed by atoms with Crippen LogP contribution in [-0.2, 0) is 10.2 Å². The van der Waals surface area contributed by atoms with E-state index < -0.39 is 0 Å². The Morgan fingerprint density at radius 1 is 1.56 bits per heavy atom. The van der Waals surface area contributed by atoms with Gasteiger partial charge in [-0.15, -0.1) is 11.3 Å². The molecule has 6 heteroatoms. The first-order valence-electron chi connectivity index (χ1n) is 6.04. The number of rotatable bonds is 3. The van der Waals surface area contributed by atoms with Crippen LogP contribution in [0.4, 0.5) is 4.79 Å². The van der Waals surface area contributed by atoms with Crippen LogP contribution >= 0.6 is 27.3 Å². The second-order valence-electron chi connectivity index (χ2n) is 5.64. The summed E-state index contributed by atoms with van der Waals surface area (Å²) in [5.41, 5.74) is 0.200. The number of nitrogens with zero attached hydrogens (tertiary/aromatic N) is 1. The maximum atomic E-state index is 11.6. The molecule has 0 atom stereocenters. The molecule has 3 aliphatic carbocycles. The van der Waals surface area contributed by atoms with E-state index in [-0.39, 0.29) is 23.2 Å². The highest BCUT2D eigenvalue weighted by Gasteiger charge is 2.70. The fourth-order valence-corrected chi connectivity index (χ4v) is 4.50. The van der Waals surface area contributed by atoms with E-state index in [0.717, 1.165) is 23.0 Å². The highest BCUT2D eigenvalue weighted by Crippen LogP contribution is 2.68. The lowest BCUT2D eigenvalue weighted by molar-refractivity contribution is -0.0853. The molecule has 0 aliphatic heterocycles. The summed E-state index contributed by atoms with van der Waals surface area (Å²) >= 11 is 5.14. The first-order valence-corrected chi connectivity index (χ1v) is 7.65. The van der Waals surface area contributed by atoms with Gasteiger partial charge in [0.25, 0.3) is 0 Å². The highest BCUT2D eigenvalue weighted by atomic mass is 79.9. The molecule has 4 rings (SSSR count). The molecule has 0 aromatic carbocycles. The summed E-state index contributed by atoms with van der Waals surface area (Å²) < 4.78 is 6.19. The summed E-state index contributed by atoms with van der Waals surface area (Å²) in [5, 5.41) is 4.19. The molecule has 1 amide bonds. The number of aromatic nitrogens is 1. The van der Waals surface area contributed by atoms with Gasteiger partial charge in [-0.3, -0.25) is 0 Å². The van der Waals surface area contributed by atoms with Crippen LogP contribution in [-0.4, -0.2) is 22.7 Å². The van der Waals surface area contributed by atoms with Crippen molar-refractivity contribution in [3.63, 3.8) is 0 Å². The monoisotopic (exact) mass is 330 g/mol. The number of nitrogens with one attached hydrogen (secondary N) is 1. The predicted molar refractivity (Wildman–Crippen MR) is 72.8 cm³/mol. The molecule has 3 fully saturated rings. The zero-order chi connectivity index (χ0) is 13.0. The van der Waals surface area contributed by atoms with Crippen molar-refractivity contribution in [2.24, 2.45) is 0 Å². The Morgan fingerprint density at radius 2 is 2.22 bits per heavy atom. The van der Waals surface area contributed by atoms with Crippen LogP contribution in [0.2, 0.25) is 0 Å². The van der Waals surface area contributed by atoms with Crippen molar-refractivity contribution >= 4 is 33.4 Å². The highest BCUT2D eigenvalue weighted by molar-refractivity contribution is 9.11. The van der Waals surface area contributed by atoms with Gasteiger partial charge in [-0.1, -0.05) is 0 Å². The Labute approximate surface area is 118 Å². The predicted octanol–water partition coefficient (Wildman–Crippen LogP) is 3.21. The lowest BCUT2D eigenvalue weighted by Gasteiger charge is -2.69. The average molecular weight is 331 g/mol. The minimum atomic E-state index is -0.293. The maximum absolute atomic E-state index is 11.6. The van der Waals surface area contributed by atoms with Gasteiger partial charge >= 0.3 is 6.09 Å². The van der Waals surface area contributed by atoms with Crippen molar-refractivity contribution in [2.45, 2.75) is 50.2 Å². The molecule has 3 aliphatic rings. The minimum Gasteiger partial charge on any atom is -0.447 e. The Morgan fingerprint density at radius 3 is 2.72 bits per heavy atom. The number of ether oxygens (including phenoxy) is 1. The van der Waals surface area contributed by atoms with Gasteiger partial charge in [0, 0.05) is 11.0 Å². The van der Waals surface area contributed by atoms with Crippen molar-refractivity contribution in [1.29, 1.82) is 0 Å². The summed E-state index contributed by atoms with van der Waals surface area (Å²) in [5.74, 6) is 0. The number of alkyl carbamates (subject to hydrolysis) is 1. The number of hydrogen-bond donors (Lipinski definition) is 1. The second kappa shape index (κ2) is 3.93. The molecule has 1 aromatic rings. The van der Waals surface area contributed by atoms with Crippen molar-refractivity contribution in [1.82, 2.24) is 10.3 Å². The summed E-state index contributed by atoms with van der Waals surface area (Å²) in [6.07, 6.45) is 4.47. The average Bonchev–Trinajstić information content (AvgIpc) is 2.54. The van der Waals surface area contributed by atoms with Crippen molar-refractivity contribution in [3.05, 3.63) is 15.0 Å². The molecule has 98 valence electrons. The maximum Gasteiger partial charge on any atom is 0.407 e. The lowest BCUT2D eigenvalue weighted by atomic mass is 9.39. The molecule has 1 aromatic heterocycles. The number of carbonyl (C=O) groups excluding carboxylic acids is 1. The minimum absolute atomic E-state index is 0.0237. The topological polar surface area (TPSA) is 51.2 Å². The largest absolute Gasteiger partial charge is 0.447 e. The normalized spacial score (nSPS) is 32.7. The van der Waals surface area contributed by atoms with Crippen LogP contribution in [0, 0.1) is 0 Å². The van der Waals surface area contributed by atoms with E-state index in [9.17, 15) is 4.79 Å².